The number of H-pyrrole nitrogens is 1. The summed E-state index contributed by atoms with van der Waals surface area (Å²) >= 11 is 14.0. The molecule has 1 amide bonds. The molecule has 0 saturated heterocycles. The molecular weight excluding hydrogens is 567 g/mol. The highest BCUT2D eigenvalue weighted by Crippen LogP contribution is 2.40. The SMILES string of the molecule is Cc1cnc(NCCOc2ccc([C@H]3c4[nH]c5ccc(Cl)cc5c4CCN3C(=O)Oc3ccc(Cl)cc3)cc2)s1. The number of aromatic amines is 1. The molecule has 0 unspecified atom stereocenters. The van der Waals surface area contributed by atoms with Gasteiger partial charge in [0.05, 0.1) is 6.54 Å². The van der Waals surface area contributed by atoms with Crippen molar-refractivity contribution in [1.82, 2.24) is 14.9 Å². The summed E-state index contributed by atoms with van der Waals surface area (Å²) in [5.74, 6) is 1.18. The van der Waals surface area contributed by atoms with Crippen molar-refractivity contribution in [2.75, 3.05) is 25.0 Å². The van der Waals surface area contributed by atoms with Crippen molar-refractivity contribution in [2.24, 2.45) is 0 Å². The standard InChI is InChI=1S/C30H26Cl2N4O3S/c1-18-17-34-29(40-18)33-13-15-38-22-7-2-19(3-8-22)28-27-24(25-16-21(32)6-11-26(25)35-27)12-14-36(28)30(37)39-23-9-4-20(31)5-10-23/h2-11,16-17,28,35H,12-15H2,1H3,(H,33,34)/t28-/m0/s1. The average molecular weight is 594 g/mol. The highest BCUT2D eigenvalue weighted by atomic mass is 35.5. The van der Waals surface area contributed by atoms with E-state index in [0.29, 0.717) is 41.9 Å². The van der Waals surface area contributed by atoms with Crippen LogP contribution < -0.4 is 14.8 Å². The number of carbonyl (C=O) groups is 1. The molecule has 2 aromatic heterocycles. The van der Waals surface area contributed by atoms with Gasteiger partial charge in [-0.15, -0.1) is 11.3 Å². The number of halogens is 2. The lowest BCUT2D eigenvalue weighted by molar-refractivity contribution is 0.135. The fraction of sp³-hybridized carbons (Fsp3) is 0.200. The number of aromatic nitrogens is 2. The van der Waals surface area contributed by atoms with Crippen molar-refractivity contribution in [1.29, 1.82) is 0 Å². The molecule has 0 fully saturated rings. The van der Waals surface area contributed by atoms with Gasteiger partial charge >= 0.3 is 6.09 Å². The number of aryl methyl sites for hydroxylation is 1. The van der Waals surface area contributed by atoms with Gasteiger partial charge in [-0.2, -0.15) is 0 Å². The third kappa shape index (κ3) is 5.61. The maximum Gasteiger partial charge on any atom is 0.416 e. The first kappa shape index (κ1) is 26.5. The highest BCUT2D eigenvalue weighted by Gasteiger charge is 2.35. The summed E-state index contributed by atoms with van der Waals surface area (Å²) in [6.07, 6.45) is 2.09. The van der Waals surface area contributed by atoms with E-state index in [0.717, 1.165) is 43.5 Å². The largest absolute Gasteiger partial charge is 0.492 e. The Morgan fingerprint density at radius 3 is 2.58 bits per heavy atom. The van der Waals surface area contributed by atoms with E-state index in [1.807, 2.05) is 55.6 Å². The molecule has 0 bridgehead atoms. The molecule has 2 N–H and O–H groups in total. The predicted molar refractivity (Wildman–Crippen MR) is 160 cm³/mol. The number of thiazole rings is 1. The number of rotatable bonds is 7. The second-order valence-electron chi connectivity index (χ2n) is 9.50. The van der Waals surface area contributed by atoms with E-state index >= 15 is 0 Å². The molecule has 0 aliphatic carbocycles. The summed E-state index contributed by atoms with van der Waals surface area (Å²) in [6, 6.07) is 20.1. The van der Waals surface area contributed by atoms with Crippen LogP contribution in [-0.2, 0) is 6.42 Å². The van der Waals surface area contributed by atoms with Gasteiger partial charge in [-0.25, -0.2) is 9.78 Å². The zero-order valence-electron chi connectivity index (χ0n) is 21.6. The molecule has 3 heterocycles. The molecule has 6 rings (SSSR count). The summed E-state index contributed by atoms with van der Waals surface area (Å²) in [7, 11) is 0. The number of carbonyl (C=O) groups excluding carboxylic acids is 1. The van der Waals surface area contributed by atoms with Gasteiger partial charge in [0, 0.05) is 44.3 Å². The summed E-state index contributed by atoms with van der Waals surface area (Å²) in [5.41, 5.74) is 4.03. The second kappa shape index (κ2) is 11.4. The van der Waals surface area contributed by atoms with E-state index in [4.69, 9.17) is 32.7 Å². The van der Waals surface area contributed by atoms with Gasteiger partial charge in [-0.3, -0.25) is 4.90 Å². The molecule has 3 aromatic carbocycles. The van der Waals surface area contributed by atoms with Crippen molar-refractivity contribution in [2.45, 2.75) is 19.4 Å². The van der Waals surface area contributed by atoms with Crippen LogP contribution in [0, 0.1) is 6.92 Å². The molecule has 204 valence electrons. The molecule has 10 heteroatoms. The third-order valence-corrected chi connectivity index (χ3v) is 8.16. The van der Waals surface area contributed by atoms with Crippen molar-refractivity contribution in [3.05, 3.63) is 105 Å². The van der Waals surface area contributed by atoms with E-state index < -0.39 is 6.09 Å². The Morgan fingerprint density at radius 2 is 1.82 bits per heavy atom. The molecule has 5 aromatic rings. The molecule has 1 atom stereocenters. The van der Waals surface area contributed by atoms with E-state index in [-0.39, 0.29) is 6.04 Å². The number of ether oxygens (including phenoxy) is 2. The van der Waals surface area contributed by atoms with Crippen LogP contribution in [0.15, 0.2) is 72.9 Å². The van der Waals surface area contributed by atoms with Crippen molar-refractivity contribution in [3.8, 4) is 11.5 Å². The lowest BCUT2D eigenvalue weighted by Gasteiger charge is -2.35. The number of benzene rings is 3. The van der Waals surface area contributed by atoms with Gasteiger partial charge in [0.1, 0.15) is 24.1 Å². The van der Waals surface area contributed by atoms with Crippen LogP contribution in [0.5, 0.6) is 11.5 Å². The van der Waals surface area contributed by atoms with Crippen LogP contribution in [0.4, 0.5) is 9.93 Å². The second-order valence-corrected chi connectivity index (χ2v) is 11.6. The monoisotopic (exact) mass is 592 g/mol. The van der Waals surface area contributed by atoms with Crippen LogP contribution in [0.2, 0.25) is 10.0 Å². The summed E-state index contributed by atoms with van der Waals surface area (Å²) in [5, 5.41) is 6.48. The van der Waals surface area contributed by atoms with Gasteiger partial charge in [0.15, 0.2) is 5.13 Å². The molecule has 0 spiro atoms. The Kier molecular flexibility index (Phi) is 7.56. The van der Waals surface area contributed by atoms with Crippen LogP contribution in [0.3, 0.4) is 0 Å². The Hall–Kier alpha value is -3.72. The van der Waals surface area contributed by atoms with E-state index in [1.54, 1.807) is 40.5 Å². The Balaban J connectivity index is 1.24. The molecular formula is C30H26Cl2N4O3S. The molecule has 0 radical (unpaired) electrons. The van der Waals surface area contributed by atoms with Gasteiger partial charge < -0.3 is 19.8 Å². The quantitative estimate of drug-likeness (QED) is 0.188. The van der Waals surface area contributed by atoms with Gasteiger partial charge in [-0.05, 0) is 79.1 Å². The Morgan fingerprint density at radius 1 is 1.07 bits per heavy atom. The minimum Gasteiger partial charge on any atom is -0.492 e. The Labute approximate surface area is 245 Å². The summed E-state index contributed by atoms with van der Waals surface area (Å²) in [6.45, 7) is 3.65. The van der Waals surface area contributed by atoms with E-state index in [1.165, 1.54) is 0 Å². The molecule has 1 aliphatic rings. The molecule has 7 nitrogen and oxygen atoms in total. The third-order valence-electron chi connectivity index (χ3n) is 6.81. The number of nitrogens with zero attached hydrogens (tertiary/aromatic N) is 2. The Bertz CT molecular complexity index is 1650. The predicted octanol–water partition coefficient (Wildman–Crippen LogP) is 7.88. The van der Waals surface area contributed by atoms with Crippen molar-refractivity contribution >= 4 is 56.7 Å². The number of nitrogens with one attached hydrogen (secondary N) is 2. The molecule has 40 heavy (non-hydrogen) atoms. The van der Waals surface area contributed by atoms with Crippen molar-refractivity contribution < 1.29 is 14.3 Å². The van der Waals surface area contributed by atoms with Gasteiger partial charge in [0.25, 0.3) is 0 Å². The number of fused-ring (bicyclic) bond motifs is 3. The minimum absolute atomic E-state index is 0.376. The van der Waals surface area contributed by atoms with Crippen molar-refractivity contribution in [3.63, 3.8) is 0 Å². The van der Waals surface area contributed by atoms with Crippen LogP contribution in [-0.4, -0.2) is 40.7 Å². The minimum atomic E-state index is -0.432. The fourth-order valence-electron chi connectivity index (χ4n) is 4.98. The summed E-state index contributed by atoms with van der Waals surface area (Å²) in [4.78, 5) is 24.2. The van der Waals surface area contributed by atoms with Crippen LogP contribution >= 0.6 is 34.5 Å². The first-order valence-corrected chi connectivity index (χ1v) is 14.4. The lowest BCUT2D eigenvalue weighted by atomic mass is 9.92. The van der Waals surface area contributed by atoms with Gasteiger partial charge in [-0.1, -0.05) is 35.3 Å². The average Bonchev–Trinajstić information content (AvgIpc) is 3.54. The molecule has 1 aliphatic heterocycles. The first-order chi connectivity index (χ1) is 19.4. The van der Waals surface area contributed by atoms with E-state index in [9.17, 15) is 4.79 Å². The number of hydrogen-bond acceptors (Lipinski definition) is 6. The van der Waals surface area contributed by atoms with E-state index in [2.05, 4.69) is 15.3 Å². The maximum absolute atomic E-state index is 13.5. The van der Waals surface area contributed by atoms with Crippen LogP contribution in [0.25, 0.3) is 10.9 Å². The number of hydrogen-bond donors (Lipinski definition) is 2. The lowest BCUT2D eigenvalue weighted by Crippen LogP contribution is -2.42. The molecule has 0 saturated carbocycles. The van der Waals surface area contributed by atoms with Crippen LogP contribution in [0.1, 0.15) is 27.7 Å². The zero-order chi connectivity index (χ0) is 27.6. The topological polar surface area (TPSA) is 79.5 Å². The normalized spacial score (nSPS) is 14.7. The van der Waals surface area contributed by atoms with Gasteiger partial charge in [0.2, 0.25) is 0 Å². The number of anilines is 1. The fourth-order valence-corrected chi connectivity index (χ4v) is 5.96. The first-order valence-electron chi connectivity index (χ1n) is 12.9. The highest BCUT2D eigenvalue weighted by molar-refractivity contribution is 7.15. The zero-order valence-corrected chi connectivity index (χ0v) is 23.9. The summed E-state index contributed by atoms with van der Waals surface area (Å²) < 4.78 is 11.7. The maximum atomic E-state index is 13.5. The smallest absolute Gasteiger partial charge is 0.416 e. The number of amides is 1.